The Morgan fingerprint density at radius 1 is 1.08 bits per heavy atom. The number of carbonyl (C=O) groups is 1. The average molecular weight is 541 g/mol. The van der Waals surface area contributed by atoms with Crippen molar-refractivity contribution in [3.63, 3.8) is 0 Å². The van der Waals surface area contributed by atoms with E-state index < -0.39 is 23.3 Å². The third-order valence-electron chi connectivity index (χ3n) is 6.46. The molecule has 0 saturated carbocycles. The van der Waals surface area contributed by atoms with Crippen LogP contribution in [0.2, 0.25) is 0 Å². The number of aromatic nitrogens is 3. The molecule has 1 unspecified atom stereocenters. The van der Waals surface area contributed by atoms with Crippen LogP contribution in [0.3, 0.4) is 0 Å². The Morgan fingerprint density at radius 3 is 2.66 bits per heavy atom. The number of aryl methyl sites for hydroxylation is 2. The lowest BCUT2D eigenvalue weighted by molar-refractivity contribution is -0.137. The van der Waals surface area contributed by atoms with Crippen LogP contribution < -0.4 is 5.32 Å². The number of pyridine rings is 2. The molecule has 4 aromatic rings. The van der Waals surface area contributed by atoms with E-state index in [4.69, 9.17) is 0 Å². The second-order valence-corrected chi connectivity index (χ2v) is 10.3. The quantitative estimate of drug-likeness (QED) is 0.254. The molecule has 5 rings (SSSR count). The van der Waals surface area contributed by atoms with Gasteiger partial charge in [0.1, 0.15) is 22.2 Å². The van der Waals surface area contributed by atoms with Crippen molar-refractivity contribution in [2.24, 2.45) is 0 Å². The Bertz CT molecular complexity index is 1520. The van der Waals surface area contributed by atoms with Crippen molar-refractivity contribution >= 4 is 28.9 Å². The van der Waals surface area contributed by atoms with E-state index in [9.17, 15) is 28.2 Å². The van der Waals surface area contributed by atoms with E-state index in [-0.39, 0.29) is 11.4 Å². The zero-order chi connectivity index (χ0) is 27.1. The van der Waals surface area contributed by atoms with Crippen molar-refractivity contribution in [1.29, 1.82) is 0 Å². The van der Waals surface area contributed by atoms with E-state index in [1.165, 1.54) is 17.4 Å². The summed E-state index contributed by atoms with van der Waals surface area (Å²) in [5.74, 6) is -0.752. The van der Waals surface area contributed by atoms with E-state index in [2.05, 4.69) is 20.3 Å². The van der Waals surface area contributed by atoms with Gasteiger partial charge in [0.2, 0.25) is 0 Å². The van der Waals surface area contributed by atoms with Crippen LogP contribution in [-0.4, -0.2) is 31.1 Å². The molecule has 11 heteroatoms. The van der Waals surface area contributed by atoms with Crippen LogP contribution in [0.25, 0.3) is 10.6 Å². The number of benzene rings is 1. The van der Waals surface area contributed by atoms with Crippen molar-refractivity contribution in [2.75, 3.05) is 5.32 Å². The van der Waals surface area contributed by atoms with E-state index in [0.29, 0.717) is 33.4 Å². The molecule has 0 amide bonds. The number of hydrogen-bond donors (Lipinski definition) is 3. The first-order chi connectivity index (χ1) is 18.0. The molecule has 1 aromatic carbocycles. The van der Waals surface area contributed by atoms with E-state index >= 15 is 0 Å². The Kier molecular flexibility index (Phi) is 6.66. The van der Waals surface area contributed by atoms with Crippen LogP contribution in [0, 0.1) is 6.92 Å². The van der Waals surface area contributed by atoms with Crippen LogP contribution in [-0.2, 0) is 18.2 Å². The number of hydrogen-bond acceptors (Lipinski definition) is 7. The largest absolute Gasteiger partial charge is 0.478 e. The third kappa shape index (κ3) is 5.11. The van der Waals surface area contributed by atoms with Gasteiger partial charge in [0.15, 0.2) is 0 Å². The van der Waals surface area contributed by atoms with E-state index in [1.807, 2.05) is 13.0 Å². The lowest BCUT2D eigenvalue weighted by atomic mass is 9.87. The number of nitrogens with one attached hydrogen (secondary N) is 1. The highest BCUT2D eigenvalue weighted by atomic mass is 32.1. The summed E-state index contributed by atoms with van der Waals surface area (Å²) in [4.78, 5) is 25.3. The molecule has 1 atom stereocenters. The van der Waals surface area contributed by atoms with Crippen LogP contribution >= 0.6 is 11.3 Å². The maximum absolute atomic E-state index is 13.1. The Labute approximate surface area is 220 Å². The third-order valence-corrected chi connectivity index (χ3v) is 7.63. The lowest BCUT2D eigenvalue weighted by Crippen LogP contribution is -2.27. The normalized spacial score (nSPS) is 17.5. The summed E-state index contributed by atoms with van der Waals surface area (Å²) in [7, 11) is 0. The molecule has 1 aliphatic rings. The van der Waals surface area contributed by atoms with Gasteiger partial charge in [0.05, 0.1) is 21.7 Å². The molecule has 0 fully saturated rings. The summed E-state index contributed by atoms with van der Waals surface area (Å²) >= 11 is 1.24. The summed E-state index contributed by atoms with van der Waals surface area (Å²) in [6.07, 6.45) is 0.905. The van der Waals surface area contributed by atoms with Crippen molar-refractivity contribution in [3.05, 3.63) is 87.7 Å². The van der Waals surface area contributed by atoms with Gasteiger partial charge in [-0.1, -0.05) is 6.07 Å². The minimum Gasteiger partial charge on any atom is -0.478 e. The predicted octanol–water partition coefficient (Wildman–Crippen LogP) is 6.33. The topological polar surface area (TPSA) is 108 Å². The van der Waals surface area contributed by atoms with Crippen molar-refractivity contribution < 1.29 is 28.2 Å². The van der Waals surface area contributed by atoms with Gasteiger partial charge in [-0.3, -0.25) is 0 Å². The van der Waals surface area contributed by atoms with Gasteiger partial charge in [-0.15, -0.1) is 11.3 Å². The fraction of sp³-hybridized carbons (Fsp3) is 0.259. The van der Waals surface area contributed by atoms with E-state index in [1.54, 1.807) is 24.4 Å². The molecular formula is C27H23F3N4O3S. The first-order valence-electron chi connectivity index (χ1n) is 11.9. The first kappa shape index (κ1) is 25.8. The minimum atomic E-state index is -4.49. The Morgan fingerprint density at radius 2 is 1.89 bits per heavy atom. The highest BCUT2D eigenvalue weighted by Crippen LogP contribution is 2.43. The minimum absolute atomic E-state index is 0.00692. The molecule has 0 radical (unpaired) electrons. The molecular weight excluding hydrogens is 517 g/mol. The molecule has 0 aliphatic heterocycles. The number of anilines is 2. The second-order valence-electron chi connectivity index (χ2n) is 9.24. The lowest BCUT2D eigenvalue weighted by Gasteiger charge is -2.27. The second kappa shape index (κ2) is 9.80. The first-order valence-corrected chi connectivity index (χ1v) is 12.7. The van der Waals surface area contributed by atoms with Gasteiger partial charge in [-0.2, -0.15) is 13.2 Å². The SMILES string of the molecule is Cc1cc(Nc2cc(C(F)(F)F)ccn2)nc(-c2cnc(C3(O)CCCCc4ccc(C(=O)O)cc43)s2)c1. The zero-order valence-corrected chi connectivity index (χ0v) is 21.0. The molecule has 7 nitrogen and oxygen atoms in total. The van der Waals surface area contributed by atoms with Gasteiger partial charge < -0.3 is 15.5 Å². The van der Waals surface area contributed by atoms with Crippen molar-refractivity contribution in [1.82, 2.24) is 15.0 Å². The molecule has 38 heavy (non-hydrogen) atoms. The Balaban J connectivity index is 1.49. The summed E-state index contributed by atoms with van der Waals surface area (Å²) < 4.78 is 39.3. The zero-order valence-electron chi connectivity index (χ0n) is 20.2. The van der Waals surface area contributed by atoms with Crippen LogP contribution in [0.5, 0.6) is 0 Å². The number of alkyl halides is 3. The summed E-state index contributed by atoms with van der Waals surface area (Å²) in [6.45, 7) is 1.83. The standard InChI is InChI=1S/C27H23F3N4O3S/c1-15-10-20(33-23(11-15)34-22-13-18(7-9-31-22)27(28,29)30)21-14-32-25(38-21)26(37)8-3-2-4-16-5-6-17(24(35)36)12-19(16)26/h5-7,9-14,37H,2-4,8H2,1H3,(H,35,36)(H,31,33,34). The highest BCUT2D eigenvalue weighted by molar-refractivity contribution is 7.15. The number of aliphatic hydroxyl groups is 1. The average Bonchev–Trinajstić information content (AvgIpc) is 3.31. The van der Waals surface area contributed by atoms with Gasteiger partial charge in [0.25, 0.3) is 0 Å². The number of thiazole rings is 1. The number of halogens is 3. The molecule has 0 saturated heterocycles. The number of rotatable bonds is 5. The molecule has 196 valence electrons. The maximum Gasteiger partial charge on any atom is 0.416 e. The number of fused-ring (bicyclic) bond motifs is 1. The number of carboxylic acids is 1. The molecule has 0 spiro atoms. The smallest absolute Gasteiger partial charge is 0.416 e. The molecule has 1 aliphatic carbocycles. The van der Waals surface area contributed by atoms with Gasteiger partial charge in [-0.05, 0) is 85.7 Å². The van der Waals surface area contributed by atoms with E-state index in [0.717, 1.165) is 48.7 Å². The highest BCUT2D eigenvalue weighted by Gasteiger charge is 2.38. The fourth-order valence-corrected chi connectivity index (χ4v) is 5.62. The molecule has 3 N–H and O–H groups in total. The van der Waals surface area contributed by atoms with Gasteiger partial charge >= 0.3 is 12.1 Å². The van der Waals surface area contributed by atoms with Crippen LogP contribution in [0.4, 0.5) is 24.8 Å². The van der Waals surface area contributed by atoms with Crippen LogP contribution in [0.1, 0.15) is 56.9 Å². The molecule has 0 bridgehead atoms. The van der Waals surface area contributed by atoms with Gasteiger partial charge in [-0.25, -0.2) is 19.7 Å². The number of aromatic carboxylic acids is 1. The number of nitrogens with zero attached hydrogens (tertiary/aromatic N) is 3. The summed E-state index contributed by atoms with van der Waals surface area (Å²) in [5, 5.41) is 24.6. The summed E-state index contributed by atoms with van der Waals surface area (Å²) in [5.41, 5.74) is 0.598. The predicted molar refractivity (Wildman–Crippen MR) is 137 cm³/mol. The molecule has 3 heterocycles. The Hall–Kier alpha value is -3.83. The number of carboxylic acid groups (broad SMARTS) is 1. The van der Waals surface area contributed by atoms with Crippen molar-refractivity contribution in [2.45, 2.75) is 44.4 Å². The maximum atomic E-state index is 13.1. The monoisotopic (exact) mass is 540 g/mol. The summed E-state index contributed by atoms with van der Waals surface area (Å²) in [6, 6.07) is 10.1. The van der Waals surface area contributed by atoms with Crippen molar-refractivity contribution in [3.8, 4) is 10.6 Å². The molecule has 3 aromatic heterocycles. The fourth-order valence-electron chi connectivity index (χ4n) is 4.61. The van der Waals surface area contributed by atoms with Gasteiger partial charge in [0, 0.05) is 12.4 Å². The van der Waals surface area contributed by atoms with Crippen LogP contribution in [0.15, 0.2) is 54.9 Å².